The molecule has 1 fully saturated rings. The lowest BCUT2D eigenvalue weighted by atomic mass is 9.75. The molecule has 2 aromatic rings. The van der Waals surface area contributed by atoms with E-state index in [9.17, 15) is 0 Å². The molecule has 1 saturated heterocycles. The van der Waals surface area contributed by atoms with E-state index in [0.717, 1.165) is 30.7 Å². The van der Waals surface area contributed by atoms with E-state index in [1.165, 1.54) is 22.8 Å². The van der Waals surface area contributed by atoms with Gasteiger partial charge in [0.15, 0.2) is 0 Å². The summed E-state index contributed by atoms with van der Waals surface area (Å²) in [5.41, 5.74) is 1.49. The van der Waals surface area contributed by atoms with Crippen molar-refractivity contribution >= 4 is 10.8 Å². The average Bonchev–Trinajstić information content (AvgIpc) is 2.53. The van der Waals surface area contributed by atoms with Gasteiger partial charge in [0.1, 0.15) is 5.75 Å². The molecule has 112 valence electrons. The van der Waals surface area contributed by atoms with Gasteiger partial charge < -0.3 is 10.1 Å². The molecule has 0 amide bonds. The summed E-state index contributed by atoms with van der Waals surface area (Å²) >= 11 is 0. The van der Waals surface area contributed by atoms with Crippen molar-refractivity contribution in [3.05, 3.63) is 42.0 Å². The molecule has 2 nitrogen and oxygen atoms in total. The molecule has 2 unspecified atom stereocenters. The third-order valence-corrected chi connectivity index (χ3v) is 4.88. The standard InChI is InChI=1S/C19H25NO/c1-13(2)19-12-20-9-8-18(19)16-5-4-15-11-17(21-3)7-6-14(15)10-16/h4-7,10-11,13,18-20H,8-9,12H2,1-3H3. The summed E-state index contributed by atoms with van der Waals surface area (Å²) in [6.07, 6.45) is 1.24. The van der Waals surface area contributed by atoms with Gasteiger partial charge in [0.25, 0.3) is 0 Å². The summed E-state index contributed by atoms with van der Waals surface area (Å²) in [6, 6.07) is 13.3. The summed E-state index contributed by atoms with van der Waals surface area (Å²) < 4.78 is 5.31. The molecule has 2 aromatic carbocycles. The maximum Gasteiger partial charge on any atom is 0.119 e. The van der Waals surface area contributed by atoms with Crippen LogP contribution in [-0.4, -0.2) is 20.2 Å². The summed E-state index contributed by atoms with van der Waals surface area (Å²) in [5.74, 6) is 3.05. The Kier molecular flexibility index (Phi) is 4.16. The monoisotopic (exact) mass is 283 g/mol. The van der Waals surface area contributed by atoms with Crippen molar-refractivity contribution < 1.29 is 4.74 Å². The summed E-state index contributed by atoms with van der Waals surface area (Å²) in [7, 11) is 1.72. The number of methoxy groups -OCH3 is 1. The van der Waals surface area contributed by atoms with E-state index >= 15 is 0 Å². The topological polar surface area (TPSA) is 21.3 Å². The van der Waals surface area contributed by atoms with Crippen LogP contribution in [0, 0.1) is 11.8 Å². The molecule has 1 aliphatic heterocycles. The second-order valence-electron chi connectivity index (χ2n) is 6.48. The van der Waals surface area contributed by atoms with Crippen molar-refractivity contribution in [2.75, 3.05) is 20.2 Å². The van der Waals surface area contributed by atoms with Crippen LogP contribution in [0.25, 0.3) is 10.8 Å². The van der Waals surface area contributed by atoms with Crippen molar-refractivity contribution in [3.63, 3.8) is 0 Å². The van der Waals surface area contributed by atoms with Crippen LogP contribution in [0.2, 0.25) is 0 Å². The van der Waals surface area contributed by atoms with E-state index < -0.39 is 0 Å². The molecule has 1 N–H and O–H groups in total. The predicted octanol–water partition coefficient (Wildman–Crippen LogP) is 4.20. The lowest BCUT2D eigenvalue weighted by molar-refractivity contribution is 0.255. The van der Waals surface area contributed by atoms with Gasteiger partial charge in [-0.05, 0) is 65.7 Å². The van der Waals surface area contributed by atoms with Crippen molar-refractivity contribution in [2.24, 2.45) is 11.8 Å². The van der Waals surface area contributed by atoms with Crippen molar-refractivity contribution in [1.29, 1.82) is 0 Å². The summed E-state index contributed by atoms with van der Waals surface area (Å²) in [4.78, 5) is 0. The normalized spacial score (nSPS) is 22.7. The molecule has 0 aliphatic carbocycles. The Morgan fingerprint density at radius 2 is 1.86 bits per heavy atom. The third kappa shape index (κ3) is 2.91. The minimum absolute atomic E-state index is 0.678. The van der Waals surface area contributed by atoms with Gasteiger partial charge in [0.05, 0.1) is 7.11 Å². The fraction of sp³-hybridized carbons (Fsp3) is 0.474. The van der Waals surface area contributed by atoms with Crippen LogP contribution in [0.4, 0.5) is 0 Å². The maximum absolute atomic E-state index is 5.31. The van der Waals surface area contributed by atoms with Crippen LogP contribution in [0.5, 0.6) is 5.75 Å². The molecule has 2 heteroatoms. The second-order valence-corrected chi connectivity index (χ2v) is 6.48. The zero-order valence-electron chi connectivity index (χ0n) is 13.2. The van der Waals surface area contributed by atoms with Crippen LogP contribution >= 0.6 is 0 Å². The summed E-state index contributed by atoms with van der Waals surface area (Å²) in [6.45, 7) is 6.96. The molecule has 0 radical (unpaired) electrons. The Labute approximate surface area is 127 Å². The molecule has 0 saturated carbocycles. The van der Waals surface area contributed by atoms with E-state index in [4.69, 9.17) is 4.74 Å². The van der Waals surface area contributed by atoms with Gasteiger partial charge in [-0.25, -0.2) is 0 Å². The Hall–Kier alpha value is -1.54. The first kappa shape index (κ1) is 14.4. The van der Waals surface area contributed by atoms with E-state index in [2.05, 4.69) is 55.6 Å². The van der Waals surface area contributed by atoms with Crippen molar-refractivity contribution in [3.8, 4) is 5.75 Å². The van der Waals surface area contributed by atoms with Gasteiger partial charge >= 0.3 is 0 Å². The van der Waals surface area contributed by atoms with Crippen molar-refractivity contribution in [1.82, 2.24) is 5.32 Å². The number of nitrogens with one attached hydrogen (secondary N) is 1. The second kappa shape index (κ2) is 6.07. The zero-order valence-corrected chi connectivity index (χ0v) is 13.2. The minimum atomic E-state index is 0.678. The van der Waals surface area contributed by atoms with E-state index in [0.29, 0.717) is 5.92 Å². The number of ether oxygens (including phenoxy) is 1. The highest BCUT2D eigenvalue weighted by Gasteiger charge is 2.28. The van der Waals surface area contributed by atoms with Gasteiger partial charge in [-0.3, -0.25) is 0 Å². The molecule has 1 heterocycles. The maximum atomic E-state index is 5.31. The number of benzene rings is 2. The Morgan fingerprint density at radius 3 is 2.62 bits per heavy atom. The van der Waals surface area contributed by atoms with Crippen LogP contribution in [0.15, 0.2) is 36.4 Å². The molecule has 3 rings (SSSR count). The molecule has 0 bridgehead atoms. The van der Waals surface area contributed by atoms with Crippen LogP contribution in [0.1, 0.15) is 31.7 Å². The van der Waals surface area contributed by atoms with E-state index in [-0.39, 0.29) is 0 Å². The van der Waals surface area contributed by atoms with Gasteiger partial charge in [-0.1, -0.05) is 38.1 Å². The van der Waals surface area contributed by atoms with E-state index in [1.807, 2.05) is 0 Å². The quantitative estimate of drug-likeness (QED) is 0.911. The fourth-order valence-corrected chi connectivity index (χ4v) is 3.60. The highest BCUT2D eigenvalue weighted by molar-refractivity contribution is 5.84. The molecular weight excluding hydrogens is 258 g/mol. The largest absolute Gasteiger partial charge is 0.497 e. The molecular formula is C19H25NO. The number of hydrogen-bond acceptors (Lipinski definition) is 2. The first-order valence-corrected chi connectivity index (χ1v) is 7.97. The van der Waals surface area contributed by atoms with Gasteiger partial charge in [0.2, 0.25) is 0 Å². The van der Waals surface area contributed by atoms with Gasteiger partial charge in [-0.2, -0.15) is 0 Å². The van der Waals surface area contributed by atoms with Gasteiger partial charge in [-0.15, -0.1) is 0 Å². The van der Waals surface area contributed by atoms with Gasteiger partial charge in [0, 0.05) is 0 Å². The third-order valence-electron chi connectivity index (χ3n) is 4.88. The Morgan fingerprint density at radius 1 is 1.10 bits per heavy atom. The molecule has 0 spiro atoms. The number of rotatable bonds is 3. The fourth-order valence-electron chi connectivity index (χ4n) is 3.60. The highest BCUT2D eigenvalue weighted by Crippen LogP contribution is 2.36. The van der Waals surface area contributed by atoms with Crippen molar-refractivity contribution in [2.45, 2.75) is 26.2 Å². The molecule has 2 atom stereocenters. The SMILES string of the molecule is COc1ccc2cc(C3CCNCC3C(C)C)ccc2c1. The van der Waals surface area contributed by atoms with Crippen LogP contribution in [0.3, 0.4) is 0 Å². The Bertz CT molecular complexity index is 620. The van der Waals surface area contributed by atoms with E-state index in [1.54, 1.807) is 7.11 Å². The predicted molar refractivity (Wildman–Crippen MR) is 89.1 cm³/mol. The lowest BCUT2D eigenvalue weighted by Crippen LogP contribution is -2.38. The van der Waals surface area contributed by atoms with Crippen LogP contribution < -0.4 is 10.1 Å². The lowest BCUT2D eigenvalue weighted by Gasteiger charge is -2.35. The number of fused-ring (bicyclic) bond motifs is 1. The highest BCUT2D eigenvalue weighted by atomic mass is 16.5. The zero-order chi connectivity index (χ0) is 14.8. The molecule has 21 heavy (non-hydrogen) atoms. The first-order valence-electron chi connectivity index (χ1n) is 7.97. The Balaban J connectivity index is 1.96. The first-order chi connectivity index (χ1) is 10.2. The summed E-state index contributed by atoms with van der Waals surface area (Å²) in [5, 5.41) is 6.12. The minimum Gasteiger partial charge on any atom is -0.497 e. The average molecular weight is 283 g/mol. The number of hydrogen-bond donors (Lipinski definition) is 1. The molecule has 0 aromatic heterocycles. The smallest absolute Gasteiger partial charge is 0.119 e. The number of piperidine rings is 1. The van der Waals surface area contributed by atoms with Crippen LogP contribution in [-0.2, 0) is 0 Å². The molecule has 1 aliphatic rings.